The molecule has 0 amide bonds. The van der Waals surface area contributed by atoms with Gasteiger partial charge in [-0.1, -0.05) is 18.2 Å². The molecule has 0 spiro atoms. The maximum absolute atomic E-state index is 10.3. The lowest BCUT2D eigenvalue weighted by Gasteiger charge is -2.09. The Balaban J connectivity index is 0.00000225. The molecule has 90 valence electrons. The van der Waals surface area contributed by atoms with E-state index in [0.29, 0.717) is 13.2 Å². The van der Waals surface area contributed by atoms with Crippen LogP contribution in [0, 0.1) is 0 Å². The highest BCUT2D eigenvalue weighted by atomic mass is 35.5. The first-order valence-corrected chi connectivity index (χ1v) is 4.87. The molecule has 0 bridgehead atoms. The largest absolute Gasteiger partial charge is 0.494 e. The van der Waals surface area contributed by atoms with E-state index < -0.39 is 5.97 Å². The van der Waals surface area contributed by atoms with Gasteiger partial charge >= 0.3 is 5.97 Å². The number of benzene rings is 1. The Morgan fingerprint density at radius 3 is 2.75 bits per heavy atom. The molecule has 0 unspecified atom stereocenters. The van der Waals surface area contributed by atoms with Crippen molar-refractivity contribution < 1.29 is 14.6 Å². The number of aliphatic carboxylic acids is 1. The average Bonchev–Trinajstić information content (AvgIpc) is 2.20. The van der Waals surface area contributed by atoms with Crippen LogP contribution in [-0.4, -0.2) is 24.2 Å². The molecule has 0 radical (unpaired) electrons. The Bertz CT molecular complexity index is 331. The van der Waals surface area contributed by atoms with Crippen molar-refractivity contribution in [3.05, 3.63) is 29.8 Å². The Kier molecular flexibility index (Phi) is 7.33. The molecule has 4 nitrogen and oxygen atoms in total. The van der Waals surface area contributed by atoms with Crippen molar-refractivity contribution in [3.63, 3.8) is 0 Å². The van der Waals surface area contributed by atoms with Gasteiger partial charge in [-0.2, -0.15) is 0 Å². The van der Waals surface area contributed by atoms with Crippen molar-refractivity contribution in [2.45, 2.75) is 13.5 Å². The number of carboxylic acid groups (broad SMARTS) is 1. The zero-order valence-corrected chi connectivity index (χ0v) is 9.92. The molecule has 0 aromatic heterocycles. The first-order chi connectivity index (χ1) is 7.24. The Morgan fingerprint density at radius 2 is 2.12 bits per heavy atom. The van der Waals surface area contributed by atoms with Gasteiger partial charge in [0.15, 0.2) is 0 Å². The first kappa shape index (κ1) is 14.7. The molecule has 0 aliphatic carbocycles. The molecule has 0 heterocycles. The van der Waals surface area contributed by atoms with E-state index in [4.69, 9.17) is 9.84 Å². The van der Waals surface area contributed by atoms with E-state index in [0.717, 1.165) is 11.3 Å². The number of halogens is 1. The van der Waals surface area contributed by atoms with Crippen LogP contribution in [0.25, 0.3) is 0 Å². The number of carbonyl (C=O) groups is 1. The van der Waals surface area contributed by atoms with Gasteiger partial charge in [-0.05, 0) is 13.0 Å². The van der Waals surface area contributed by atoms with Crippen molar-refractivity contribution in [2.24, 2.45) is 0 Å². The third-order valence-electron chi connectivity index (χ3n) is 1.86. The van der Waals surface area contributed by atoms with Gasteiger partial charge in [0.25, 0.3) is 0 Å². The van der Waals surface area contributed by atoms with Gasteiger partial charge in [-0.3, -0.25) is 4.79 Å². The Labute approximate surface area is 101 Å². The normalized spacial score (nSPS) is 9.31. The fourth-order valence-corrected chi connectivity index (χ4v) is 1.25. The average molecular weight is 246 g/mol. The minimum absolute atomic E-state index is 0. The summed E-state index contributed by atoms with van der Waals surface area (Å²) in [5, 5.41) is 11.3. The van der Waals surface area contributed by atoms with Crippen LogP contribution in [0.4, 0.5) is 0 Å². The monoisotopic (exact) mass is 245 g/mol. The minimum atomic E-state index is -0.858. The molecular formula is C11H16ClNO3. The van der Waals surface area contributed by atoms with Gasteiger partial charge in [0.1, 0.15) is 5.75 Å². The summed E-state index contributed by atoms with van der Waals surface area (Å²) in [7, 11) is 0. The van der Waals surface area contributed by atoms with Crippen LogP contribution >= 0.6 is 12.4 Å². The highest BCUT2D eigenvalue weighted by Gasteiger charge is 2.02. The van der Waals surface area contributed by atoms with E-state index in [1.165, 1.54) is 0 Å². The van der Waals surface area contributed by atoms with Crippen LogP contribution in [0.5, 0.6) is 5.75 Å². The van der Waals surface area contributed by atoms with Crippen molar-refractivity contribution in [2.75, 3.05) is 13.2 Å². The molecule has 16 heavy (non-hydrogen) atoms. The number of hydrogen-bond acceptors (Lipinski definition) is 3. The van der Waals surface area contributed by atoms with Gasteiger partial charge in [0, 0.05) is 12.1 Å². The lowest BCUT2D eigenvalue weighted by Crippen LogP contribution is -2.22. The standard InChI is InChI=1S/C11H15NO3.ClH/c1-2-15-10-6-4-3-5-9(10)7-12-8-11(13)14;/h3-6,12H,2,7-8H2,1H3,(H,13,14);1H. The van der Waals surface area contributed by atoms with Crippen molar-refractivity contribution >= 4 is 18.4 Å². The van der Waals surface area contributed by atoms with Gasteiger partial charge in [0.05, 0.1) is 13.2 Å². The fraction of sp³-hybridized carbons (Fsp3) is 0.364. The molecule has 5 heteroatoms. The molecule has 2 N–H and O–H groups in total. The van der Waals surface area contributed by atoms with Crippen molar-refractivity contribution in [1.82, 2.24) is 5.32 Å². The van der Waals surface area contributed by atoms with E-state index >= 15 is 0 Å². The van der Waals surface area contributed by atoms with E-state index in [1.807, 2.05) is 31.2 Å². The quantitative estimate of drug-likeness (QED) is 0.801. The molecular weight excluding hydrogens is 230 g/mol. The second-order valence-electron chi connectivity index (χ2n) is 3.04. The molecule has 0 aliphatic heterocycles. The zero-order chi connectivity index (χ0) is 11.1. The predicted molar refractivity (Wildman–Crippen MR) is 64.2 cm³/mol. The van der Waals surface area contributed by atoms with Gasteiger partial charge in [0.2, 0.25) is 0 Å². The third kappa shape index (κ3) is 5.00. The van der Waals surface area contributed by atoms with Crippen LogP contribution in [0.1, 0.15) is 12.5 Å². The summed E-state index contributed by atoms with van der Waals surface area (Å²) in [6, 6.07) is 7.59. The van der Waals surface area contributed by atoms with Crippen molar-refractivity contribution in [1.29, 1.82) is 0 Å². The second-order valence-corrected chi connectivity index (χ2v) is 3.04. The molecule has 1 aromatic carbocycles. The number of para-hydroxylation sites is 1. The number of hydrogen-bond donors (Lipinski definition) is 2. The van der Waals surface area contributed by atoms with E-state index in [-0.39, 0.29) is 19.0 Å². The Hall–Kier alpha value is -1.26. The minimum Gasteiger partial charge on any atom is -0.494 e. The maximum Gasteiger partial charge on any atom is 0.317 e. The molecule has 0 fully saturated rings. The molecule has 1 rings (SSSR count). The molecule has 0 saturated carbocycles. The molecule has 0 aliphatic rings. The molecule has 0 saturated heterocycles. The zero-order valence-electron chi connectivity index (χ0n) is 9.10. The highest BCUT2D eigenvalue weighted by molar-refractivity contribution is 5.85. The smallest absolute Gasteiger partial charge is 0.317 e. The molecule has 0 atom stereocenters. The van der Waals surface area contributed by atoms with Crippen LogP contribution in [0.2, 0.25) is 0 Å². The first-order valence-electron chi connectivity index (χ1n) is 4.87. The topological polar surface area (TPSA) is 58.6 Å². The van der Waals surface area contributed by atoms with Crippen LogP contribution in [-0.2, 0) is 11.3 Å². The third-order valence-corrected chi connectivity index (χ3v) is 1.86. The molecule has 1 aromatic rings. The van der Waals surface area contributed by atoms with E-state index in [9.17, 15) is 4.79 Å². The van der Waals surface area contributed by atoms with Gasteiger partial charge < -0.3 is 15.2 Å². The summed E-state index contributed by atoms with van der Waals surface area (Å²) < 4.78 is 5.41. The maximum atomic E-state index is 10.3. The van der Waals surface area contributed by atoms with Gasteiger partial charge in [-0.15, -0.1) is 12.4 Å². The summed E-state index contributed by atoms with van der Waals surface area (Å²) in [4.78, 5) is 10.3. The van der Waals surface area contributed by atoms with E-state index in [1.54, 1.807) is 0 Å². The number of rotatable bonds is 6. The number of nitrogens with one attached hydrogen (secondary N) is 1. The lowest BCUT2D eigenvalue weighted by atomic mass is 10.2. The lowest BCUT2D eigenvalue weighted by molar-refractivity contribution is -0.136. The fourth-order valence-electron chi connectivity index (χ4n) is 1.25. The second kappa shape index (κ2) is 7.96. The van der Waals surface area contributed by atoms with Crippen molar-refractivity contribution in [3.8, 4) is 5.75 Å². The van der Waals surface area contributed by atoms with Crippen LogP contribution < -0.4 is 10.1 Å². The Morgan fingerprint density at radius 1 is 1.44 bits per heavy atom. The van der Waals surface area contributed by atoms with E-state index in [2.05, 4.69) is 5.32 Å². The van der Waals surface area contributed by atoms with Crippen LogP contribution in [0.15, 0.2) is 24.3 Å². The summed E-state index contributed by atoms with van der Waals surface area (Å²) in [6.45, 7) is 2.99. The van der Waals surface area contributed by atoms with Crippen LogP contribution in [0.3, 0.4) is 0 Å². The van der Waals surface area contributed by atoms with Gasteiger partial charge in [-0.25, -0.2) is 0 Å². The summed E-state index contributed by atoms with van der Waals surface area (Å²) in [5.41, 5.74) is 0.973. The summed E-state index contributed by atoms with van der Waals surface area (Å²) in [6.07, 6.45) is 0. The number of carboxylic acids is 1. The SMILES string of the molecule is CCOc1ccccc1CNCC(=O)O.Cl. The number of ether oxygens (including phenoxy) is 1. The highest BCUT2D eigenvalue weighted by Crippen LogP contribution is 2.17. The predicted octanol–water partition coefficient (Wildman–Crippen LogP) is 1.68. The summed E-state index contributed by atoms with van der Waals surface area (Å²) >= 11 is 0. The summed E-state index contributed by atoms with van der Waals surface area (Å²) in [5.74, 6) is -0.0539.